The molecule has 0 amide bonds. The van der Waals surface area contributed by atoms with Crippen LogP contribution in [0.2, 0.25) is 0 Å². The van der Waals surface area contributed by atoms with Gasteiger partial charge < -0.3 is 19.5 Å². The summed E-state index contributed by atoms with van der Waals surface area (Å²) in [6.45, 7) is 1.24. The predicted octanol–water partition coefficient (Wildman–Crippen LogP) is 6.67. The number of fused-ring (bicyclic) bond motifs is 1. The van der Waals surface area contributed by atoms with Gasteiger partial charge in [-0.3, -0.25) is 4.79 Å². The maximum Gasteiger partial charge on any atom is 0.390 e. The molecule has 0 aromatic heterocycles. The molecule has 1 saturated heterocycles. The predicted molar refractivity (Wildman–Crippen MR) is 138 cm³/mol. The Balaban J connectivity index is 1.70. The highest BCUT2D eigenvalue weighted by molar-refractivity contribution is 6.01. The minimum Gasteiger partial charge on any atom is -0.496 e. The van der Waals surface area contributed by atoms with Crippen LogP contribution in [-0.2, 0) is 11.2 Å². The smallest absolute Gasteiger partial charge is 0.390 e. The number of hydrogen-bond acceptors (Lipinski definition) is 4. The monoisotopic (exact) mass is 515 g/mol. The largest absolute Gasteiger partial charge is 0.496 e. The maximum atomic E-state index is 12.7. The van der Waals surface area contributed by atoms with Gasteiger partial charge in [-0.15, -0.1) is 0 Å². The summed E-state index contributed by atoms with van der Waals surface area (Å²) < 4.78 is 49.7. The number of ether oxygens (including phenoxy) is 2. The SMILES string of the molecule is COc1ccc(C2CCN(CCC(F)(F)F)CC2)c(OC)c1-c1cccc2c(CCC(=O)O)cccc12. The van der Waals surface area contributed by atoms with E-state index in [0.717, 1.165) is 45.9 Å². The first-order valence-electron chi connectivity index (χ1n) is 12.5. The maximum absolute atomic E-state index is 12.7. The Morgan fingerprint density at radius 1 is 1.00 bits per heavy atom. The summed E-state index contributed by atoms with van der Waals surface area (Å²) >= 11 is 0. The zero-order valence-electron chi connectivity index (χ0n) is 21.1. The van der Waals surface area contributed by atoms with E-state index in [-0.39, 0.29) is 18.9 Å². The standard InChI is InChI=1S/C29H32F3NO4/c1-36-25-11-10-22(20-13-16-33(17-14-20)18-15-29(30,31)32)28(37-2)27(25)24-8-4-6-21-19(9-12-26(34)35)5-3-7-23(21)24/h3-8,10-11,20H,9,12-18H2,1-2H3,(H,34,35). The summed E-state index contributed by atoms with van der Waals surface area (Å²) in [6, 6.07) is 15.8. The molecule has 0 bridgehead atoms. The van der Waals surface area contributed by atoms with E-state index in [4.69, 9.17) is 14.6 Å². The highest BCUT2D eigenvalue weighted by Gasteiger charge is 2.31. The molecule has 3 aromatic carbocycles. The molecule has 1 aliphatic heterocycles. The average molecular weight is 516 g/mol. The third-order valence-electron chi connectivity index (χ3n) is 7.20. The van der Waals surface area contributed by atoms with Gasteiger partial charge in [-0.25, -0.2) is 0 Å². The number of hydrogen-bond donors (Lipinski definition) is 1. The summed E-state index contributed by atoms with van der Waals surface area (Å²) in [6.07, 6.45) is -2.96. The van der Waals surface area contributed by atoms with Crippen LogP contribution in [0.3, 0.4) is 0 Å². The van der Waals surface area contributed by atoms with Crippen LogP contribution in [0.15, 0.2) is 48.5 Å². The van der Waals surface area contributed by atoms with Crippen LogP contribution in [-0.4, -0.2) is 56.0 Å². The first kappa shape index (κ1) is 26.8. The number of likely N-dealkylation sites (tertiary alicyclic amines) is 1. The van der Waals surface area contributed by atoms with E-state index < -0.39 is 18.6 Å². The van der Waals surface area contributed by atoms with Crippen LogP contribution in [0, 0.1) is 0 Å². The summed E-state index contributed by atoms with van der Waals surface area (Å²) in [5, 5.41) is 11.1. The van der Waals surface area contributed by atoms with Crippen molar-refractivity contribution in [3.8, 4) is 22.6 Å². The summed E-state index contributed by atoms with van der Waals surface area (Å²) in [7, 11) is 3.24. The van der Waals surface area contributed by atoms with Crippen LogP contribution in [0.25, 0.3) is 21.9 Å². The molecule has 4 rings (SSSR count). The summed E-state index contributed by atoms with van der Waals surface area (Å²) in [5.74, 6) is 0.680. The van der Waals surface area contributed by atoms with Gasteiger partial charge in [0.25, 0.3) is 0 Å². The number of halogens is 3. The van der Waals surface area contributed by atoms with E-state index in [1.165, 1.54) is 0 Å². The average Bonchev–Trinajstić information content (AvgIpc) is 2.89. The number of aliphatic carboxylic acids is 1. The number of rotatable bonds is 9. The Morgan fingerprint density at radius 2 is 1.70 bits per heavy atom. The fourth-order valence-electron chi connectivity index (χ4n) is 5.35. The van der Waals surface area contributed by atoms with Gasteiger partial charge in [-0.1, -0.05) is 42.5 Å². The number of carbonyl (C=O) groups is 1. The third kappa shape index (κ3) is 6.18. The van der Waals surface area contributed by atoms with Gasteiger partial charge in [0, 0.05) is 13.0 Å². The number of carboxylic acids is 1. The van der Waals surface area contributed by atoms with Gasteiger partial charge >= 0.3 is 12.1 Å². The van der Waals surface area contributed by atoms with Crippen LogP contribution in [0.5, 0.6) is 11.5 Å². The molecule has 198 valence electrons. The number of alkyl halides is 3. The molecule has 3 aromatic rings. The highest BCUT2D eigenvalue weighted by atomic mass is 19.4. The summed E-state index contributed by atoms with van der Waals surface area (Å²) in [4.78, 5) is 13.0. The fourth-order valence-corrected chi connectivity index (χ4v) is 5.35. The quantitative estimate of drug-likeness (QED) is 0.345. The van der Waals surface area contributed by atoms with Gasteiger partial charge in [0.2, 0.25) is 0 Å². The van der Waals surface area contributed by atoms with Crippen molar-refractivity contribution in [3.63, 3.8) is 0 Å². The van der Waals surface area contributed by atoms with Crippen LogP contribution >= 0.6 is 0 Å². The Bertz CT molecular complexity index is 1250. The van der Waals surface area contributed by atoms with Crippen LogP contribution < -0.4 is 9.47 Å². The van der Waals surface area contributed by atoms with Crippen LogP contribution in [0.1, 0.15) is 42.7 Å². The molecule has 37 heavy (non-hydrogen) atoms. The number of piperidine rings is 1. The van der Waals surface area contributed by atoms with E-state index in [1.807, 2.05) is 53.4 Å². The minimum atomic E-state index is -4.14. The molecule has 1 N–H and O–H groups in total. The molecule has 0 atom stereocenters. The van der Waals surface area contributed by atoms with E-state index in [9.17, 15) is 18.0 Å². The van der Waals surface area contributed by atoms with Gasteiger partial charge in [0.1, 0.15) is 11.5 Å². The normalized spacial score (nSPS) is 15.2. The van der Waals surface area contributed by atoms with Crippen molar-refractivity contribution in [2.75, 3.05) is 33.9 Å². The minimum absolute atomic E-state index is 0.0292. The third-order valence-corrected chi connectivity index (χ3v) is 7.20. The van der Waals surface area contributed by atoms with Gasteiger partial charge in [0.15, 0.2) is 0 Å². The molecule has 1 heterocycles. The molecule has 0 aliphatic carbocycles. The number of aryl methyl sites for hydroxylation is 1. The van der Waals surface area contributed by atoms with Crippen molar-refractivity contribution in [2.45, 2.75) is 44.2 Å². The molecule has 1 fully saturated rings. The lowest BCUT2D eigenvalue weighted by atomic mass is 9.85. The molecular weight excluding hydrogens is 483 g/mol. The Kier molecular flexibility index (Phi) is 8.27. The number of carboxylic acid groups (broad SMARTS) is 1. The van der Waals surface area contributed by atoms with Crippen molar-refractivity contribution < 1.29 is 32.5 Å². The van der Waals surface area contributed by atoms with Gasteiger partial charge in [-0.05, 0) is 71.8 Å². The molecule has 0 spiro atoms. The van der Waals surface area contributed by atoms with Crippen LogP contribution in [0.4, 0.5) is 13.2 Å². The van der Waals surface area contributed by atoms with Crippen molar-refractivity contribution >= 4 is 16.7 Å². The molecule has 1 aliphatic rings. The van der Waals surface area contributed by atoms with E-state index in [0.29, 0.717) is 31.0 Å². The fraction of sp³-hybridized carbons (Fsp3) is 0.414. The second kappa shape index (κ2) is 11.4. The topological polar surface area (TPSA) is 59.0 Å². The van der Waals surface area contributed by atoms with E-state index >= 15 is 0 Å². The Hall–Kier alpha value is -3.26. The van der Waals surface area contributed by atoms with E-state index in [2.05, 4.69) is 0 Å². The van der Waals surface area contributed by atoms with E-state index in [1.54, 1.807) is 14.2 Å². The number of benzene rings is 3. The Labute approximate surface area is 214 Å². The molecule has 0 unspecified atom stereocenters. The first-order chi connectivity index (χ1) is 17.7. The zero-order valence-corrected chi connectivity index (χ0v) is 21.1. The lowest BCUT2D eigenvalue weighted by Gasteiger charge is -2.33. The molecule has 0 saturated carbocycles. The van der Waals surface area contributed by atoms with Crippen molar-refractivity contribution in [2.24, 2.45) is 0 Å². The number of nitrogens with zero attached hydrogens (tertiary/aromatic N) is 1. The first-order valence-corrected chi connectivity index (χ1v) is 12.5. The van der Waals surface area contributed by atoms with Gasteiger partial charge in [-0.2, -0.15) is 13.2 Å². The second-order valence-corrected chi connectivity index (χ2v) is 9.46. The van der Waals surface area contributed by atoms with Gasteiger partial charge in [0.05, 0.1) is 26.2 Å². The number of methoxy groups -OCH3 is 2. The molecule has 5 nitrogen and oxygen atoms in total. The lowest BCUT2D eigenvalue weighted by Crippen LogP contribution is -2.35. The van der Waals surface area contributed by atoms with Crippen molar-refractivity contribution in [3.05, 3.63) is 59.7 Å². The zero-order chi connectivity index (χ0) is 26.6. The second-order valence-electron chi connectivity index (χ2n) is 9.46. The molecular formula is C29H32F3NO4. The van der Waals surface area contributed by atoms with Crippen molar-refractivity contribution in [1.29, 1.82) is 0 Å². The molecule has 8 heteroatoms. The Morgan fingerprint density at radius 3 is 2.35 bits per heavy atom. The van der Waals surface area contributed by atoms with Crippen molar-refractivity contribution in [1.82, 2.24) is 4.90 Å². The molecule has 0 radical (unpaired) electrons. The summed E-state index contributed by atoms with van der Waals surface area (Å²) in [5.41, 5.74) is 3.73. The highest BCUT2D eigenvalue weighted by Crippen LogP contribution is 2.47. The lowest BCUT2D eigenvalue weighted by molar-refractivity contribution is -0.138.